The molecule has 2 rings (SSSR count). The molecule has 0 saturated carbocycles. The summed E-state index contributed by atoms with van der Waals surface area (Å²) in [6.07, 6.45) is 1.66. The van der Waals surface area contributed by atoms with Crippen LogP contribution in [0.3, 0.4) is 0 Å². The average molecular weight is 411 g/mol. The number of carbonyl (C=O) groups is 2. The van der Waals surface area contributed by atoms with Gasteiger partial charge in [-0.25, -0.2) is 9.59 Å². The fraction of sp³-hybridized carbons (Fsp3) is 0.444. The van der Waals surface area contributed by atoms with E-state index >= 15 is 0 Å². The summed E-state index contributed by atoms with van der Waals surface area (Å²) in [6, 6.07) is 6.47. The van der Waals surface area contributed by atoms with Gasteiger partial charge < -0.3 is 20.1 Å². The van der Waals surface area contributed by atoms with Gasteiger partial charge in [0.2, 0.25) is 0 Å². The average Bonchev–Trinajstić information content (AvgIpc) is 2.59. The van der Waals surface area contributed by atoms with Crippen molar-refractivity contribution in [2.75, 3.05) is 18.5 Å². The third-order valence-electron chi connectivity index (χ3n) is 3.69. The number of benzene rings is 1. The van der Waals surface area contributed by atoms with Gasteiger partial charge in [-0.15, -0.1) is 0 Å². The quantitative estimate of drug-likeness (QED) is 0.391. The lowest BCUT2D eigenvalue weighted by Crippen LogP contribution is -2.45. The molecule has 0 radical (unpaired) electrons. The predicted molar refractivity (Wildman–Crippen MR) is 98.7 cm³/mol. The highest BCUT2D eigenvalue weighted by Gasteiger charge is 2.32. The Morgan fingerprint density at radius 2 is 1.96 bits per heavy atom. The molecule has 0 aromatic heterocycles. The van der Waals surface area contributed by atoms with Crippen LogP contribution in [0.2, 0.25) is 0 Å². The van der Waals surface area contributed by atoms with E-state index < -0.39 is 12.0 Å². The number of esters is 1. The number of halogens is 1. The van der Waals surface area contributed by atoms with Crippen molar-refractivity contribution in [1.29, 1.82) is 0 Å². The van der Waals surface area contributed by atoms with E-state index in [-0.39, 0.29) is 6.03 Å². The van der Waals surface area contributed by atoms with Crippen molar-refractivity contribution in [1.82, 2.24) is 10.6 Å². The van der Waals surface area contributed by atoms with Crippen LogP contribution in [0, 0.1) is 0 Å². The second-order valence-electron chi connectivity index (χ2n) is 5.67. The number of carbonyl (C=O) groups excluding carboxylic acids is 2. The van der Waals surface area contributed by atoms with Crippen molar-refractivity contribution in [3.8, 4) is 5.75 Å². The van der Waals surface area contributed by atoms with Crippen LogP contribution in [0.25, 0.3) is 0 Å². The molecular weight excluding hydrogens is 388 g/mol. The summed E-state index contributed by atoms with van der Waals surface area (Å²) in [4.78, 5) is 24.3. The van der Waals surface area contributed by atoms with Gasteiger partial charge >= 0.3 is 12.0 Å². The number of ether oxygens (including phenoxy) is 2. The molecule has 1 heterocycles. The van der Waals surface area contributed by atoms with E-state index in [1.165, 1.54) is 0 Å². The van der Waals surface area contributed by atoms with Gasteiger partial charge in [-0.05, 0) is 37.5 Å². The molecule has 2 N–H and O–H groups in total. The Hall–Kier alpha value is -2.02. The minimum absolute atomic E-state index is 0.325. The first kappa shape index (κ1) is 19.3. The summed E-state index contributed by atoms with van der Waals surface area (Å²) in [7, 11) is 0. The van der Waals surface area contributed by atoms with Crippen LogP contribution in [0.1, 0.15) is 38.3 Å². The molecule has 1 aromatic carbocycles. The number of amides is 2. The number of allylic oxidation sites excluding steroid dienone is 1. The van der Waals surface area contributed by atoms with Crippen LogP contribution in [-0.4, -0.2) is 30.5 Å². The number of hydrogen-bond donors (Lipinski definition) is 2. The minimum atomic E-state index is -0.551. The molecule has 7 heteroatoms. The lowest BCUT2D eigenvalue weighted by atomic mass is 9.95. The van der Waals surface area contributed by atoms with Crippen molar-refractivity contribution < 1.29 is 19.1 Å². The normalized spacial score (nSPS) is 16.9. The predicted octanol–water partition coefficient (Wildman–Crippen LogP) is 3.43. The first-order valence-corrected chi connectivity index (χ1v) is 9.43. The van der Waals surface area contributed by atoms with E-state index in [1.54, 1.807) is 6.92 Å². The number of hydrogen-bond acceptors (Lipinski definition) is 4. The molecule has 1 aromatic rings. The Morgan fingerprint density at radius 1 is 1.24 bits per heavy atom. The zero-order chi connectivity index (χ0) is 18.2. The van der Waals surface area contributed by atoms with Crippen LogP contribution in [0.5, 0.6) is 5.75 Å². The van der Waals surface area contributed by atoms with Gasteiger partial charge in [0.25, 0.3) is 0 Å². The third-order valence-corrected chi connectivity index (χ3v) is 4.25. The largest absolute Gasteiger partial charge is 0.494 e. The summed E-state index contributed by atoms with van der Waals surface area (Å²) in [5, 5.41) is 6.18. The SMILES string of the molecule is CCCOc1ccc([C@@H]2NC(=O)NC(C)=C2C(=O)OCCCBr)cc1. The highest BCUT2D eigenvalue weighted by Crippen LogP contribution is 2.28. The first-order valence-electron chi connectivity index (χ1n) is 8.31. The van der Waals surface area contributed by atoms with Crippen LogP contribution < -0.4 is 15.4 Å². The van der Waals surface area contributed by atoms with Crippen LogP contribution in [0.4, 0.5) is 4.79 Å². The molecule has 2 amide bonds. The zero-order valence-electron chi connectivity index (χ0n) is 14.4. The van der Waals surface area contributed by atoms with E-state index in [9.17, 15) is 9.59 Å². The molecule has 1 aliphatic heterocycles. The van der Waals surface area contributed by atoms with Gasteiger partial charge in [-0.2, -0.15) is 0 Å². The van der Waals surface area contributed by atoms with Crippen molar-refractivity contribution >= 4 is 27.9 Å². The number of urea groups is 1. The van der Waals surface area contributed by atoms with E-state index in [1.807, 2.05) is 31.2 Å². The highest BCUT2D eigenvalue weighted by atomic mass is 79.9. The van der Waals surface area contributed by atoms with E-state index in [2.05, 4.69) is 26.6 Å². The van der Waals surface area contributed by atoms with Crippen molar-refractivity contribution in [3.05, 3.63) is 41.1 Å². The first-order chi connectivity index (χ1) is 12.1. The fourth-order valence-corrected chi connectivity index (χ4v) is 2.72. The van der Waals surface area contributed by atoms with Gasteiger partial charge in [0.05, 0.1) is 24.8 Å². The molecule has 0 saturated heterocycles. The zero-order valence-corrected chi connectivity index (χ0v) is 16.0. The van der Waals surface area contributed by atoms with Gasteiger partial charge in [-0.3, -0.25) is 0 Å². The van der Waals surface area contributed by atoms with Crippen molar-refractivity contribution in [3.63, 3.8) is 0 Å². The third kappa shape index (κ3) is 5.22. The summed E-state index contributed by atoms with van der Waals surface area (Å²) >= 11 is 3.30. The molecule has 0 spiro atoms. The molecule has 0 unspecified atom stereocenters. The van der Waals surface area contributed by atoms with Gasteiger partial charge in [0.1, 0.15) is 5.75 Å². The lowest BCUT2D eigenvalue weighted by Gasteiger charge is -2.28. The maximum absolute atomic E-state index is 12.5. The fourth-order valence-electron chi connectivity index (χ4n) is 2.49. The summed E-state index contributed by atoms with van der Waals surface area (Å²) in [5.74, 6) is 0.329. The summed E-state index contributed by atoms with van der Waals surface area (Å²) in [5.41, 5.74) is 1.71. The molecule has 0 bridgehead atoms. The van der Waals surface area contributed by atoms with E-state index in [0.29, 0.717) is 24.5 Å². The van der Waals surface area contributed by atoms with Crippen molar-refractivity contribution in [2.45, 2.75) is 32.7 Å². The highest BCUT2D eigenvalue weighted by molar-refractivity contribution is 9.09. The topological polar surface area (TPSA) is 76.7 Å². The van der Waals surface area contributed by atoms with Crippen LogP contribution >= 0.6 is 15.9 Å². The summed E-state index contributed by atoms with van der Waals surface area (Å²) in [6.45, 7) is 4.71. The molecule has 25 heavy (non-hydrogen) atoms. The number of alkyl halides is 1. The second-order valence-corrected chi connectivity index (χ2v) is 6.46. The maximum Gasteiger partial charge on any atom is 0.338 e. The van der Waals surface area contributed by atoms with Crippen molar-refractivity contribution in [2.24, 2.45) is 0 Å². The Bertz CT molecular complexity index is 643. The molecule has 0 aliphatic carbocycles. The molecule has 136 valence electrons. The molecule has 0 fully saturated rings. The molecule has 6 nitrogen and oxygen atoms in total. The molecule has 1 aliphatic rings. The van der Waals surface area contributed by atoms with E-state index in [4.69, 9.17) is 9.47 Å². The molecular formula is C18H23BrN2O4. The Kier molecular flexibility index (Phi) is 7.31. The Labute approximate surface area is 156 Å². The van der Waals surface area contributed by atoms with E-state index in [0.717, 1.165) is 29.5 Å². The maximum atomic E-state index is 12.5. The summed E-state index contributed by atoms with van der Waals surface area (Å²) < 4.78 is 10.9. The lowest BCUT2D eigenvalue weighted by molar-refractivity contribution is -0.139. The van der Waals surface area contributed by atoms with Gasteiger partial charge in [-0.1, -0.05) is 35.0 Å². The van der Waals surface area contributed by atoms with Gasteiger partial charge in [0.15, 0.2) is 0 Å². The van der Waals surface area contributed by atoms with Crippen LogP contribution in [0.15, 0.2) is 35.5 Å². The van der Waals surface area contributed by atoms with Crippen LogP contribution in [-0.2, 0) is 9.53 Å². The smallest absolute Gasteiger partial charge is 0.338 e. The Balaban J connectivity index is 2.21. The minimum Gasteiger partial charge on any atom is -0.494 e. The van der Waals surface area contributed by atoms with Gasteiger partial charge in [0, 0.05) is 11.0 Å². The number of nitrogens with one attached hydrogen (secondary N) is 2. The Morgan fingerprint density at radius 3 is 2.60 bits per heavy atom. The monoisotopic (exact) mass is 410 g/mol. The standard InChI is InChI=1S/C18H23BrN2O4/c1-3-10-24-14-7-5-13(6-8-14)16-15(12(2)20-18(23)21-16)17(22)25-11-4-9-19/h5-8,16H,3-4,9-11H2,1-2H3,(H2,20,21,23)/t16-/m0/s1. The second kappa shape index (κ2) is 9.46. The molecule has 1 atom stereocenters. The number of rotatable bonds is 8.